The summed E-state index contributed by atoms with van der Waals surface area (Å²) in [6.45, 7) is 7.51. The number of hydrogen-bond donors (Lipinski definition) is 1. The fraction of sp³-hybridized carbons (Fsp3) is 0.400. The predicted octanol–water partition coefficient (Wildman–Crippen LogP) is 3.85. The Kier molecular flexibility index (Phi) is 4.50. The van der Waals surface area contributed by atoms with E-state index in [2.05, 4.69) is 54.7 Å². The van der Waals surface area contributed by atoms with Gasteiger partial charge in [0.05, 0.1) is 17.2 Å². The monoisotopic (exact) mass is 260 g/mol. The van der Waals surface area contributed by atoms with E-state index in [1.165, 1.54) is 16.7 Å². The maximum absolute atomic E-state index is 4.47. The summed E-state index contributed by atoms with van der Waals surface area (Å²) in [4.78, 5) is 4.47. The summed E-state index contributed by atoms with van der Waals surface area (Å²) in [6, 6.07) is 6.85. The van der Waals surface area contributed by atoms with Crippen molar-refractivity contribution in [2.24, 2.45) is 0 Å². The van der Waals surface area contributed by atoms with Crippen LogP contribution in [0.1, 0.15) is 41.8 Å². The lowest BCUT2D eigenvalue weighted by Gasteiger charge is -2.19. The topological polar surface area (TPSA) is 24.9 Å². The zero-order chi connectivity index (χ0) is 13.0. The molecule has 0 amide bonds. The van der Waals surface area contributed by atoms with Gasteiger partial charge in [-0.15, -0.1) is 11.3 Å². The van der Waals surface area contributed by atoms with Crippen molar-refractivity contribution in [3.05, 3.63) is 51.5 Å². The van der Waals surface area contributed by atoms with Crippen molar-refractivity contribution in [1.82, 2.24) is 10.3 Å². The number of benzene rings is 1. The Balaban J connectivity index is 2.33. The molecule has 2 rings (SSSR count). The van der Waals surface area contributed by atoms with E-state index < -0.39 is 0 Å². The van der Waals surface area contributed by atoms with E-state index in [0.29, 0.717) is 0 Å². The van der Waals surface area contributed by atoms with Crippen molar-refractivity contribution in [3.63, 3.8) is 0 Å². The second-order valence-electron chi connectivity index (χ2n) is 4.66. The first-order chi connectivity index (χ1) is 8.72. The van der Waals surface area contributed by atoms with Crippen LogP contribution in [0.3, 0.4) is 0 Å². The SMILES string of the molecule is CCCNC(c1cscn1)c1ccc(C)cc1C. The highest BCUT2D eigenvalue weighted by atomic mass is 32.1. The van der Waals surface area contributed by atoms with Crippen LogP contribution in [0.25, 0.3) is 0 Å². The fourth-order valence-electron chi connectivity index (χ4n) is 2.18. The minimum Gasteiger partial charge on any atom is -0.305 e. The number of nitrogens with zero attached hydrogens (tertiary/aromatic N) is 1. The quantitative estimate of drug-likeness (QED) is 0.883. The molecule has 0 aliphatic rings. The Morgan fingerprint density at radius 1 is 1.33 bits per heavy atom. The van der Waals surface area contributed by atoms with E-state index in [1.807, 2.05) is 5.51 Å². The van der Waals surface area contributed by atoms with Crippen molar-refractivity contribution >= 4 is 11.3 Å². The molecule has 1 aromatic heterocycles. The standard InChI is InChI=1S/C15H20N2S/c1-4-7-16-15(14-9-18-10-17-14)13-6-5-11(2)8-12(13)3/h5-6,8-10,15-16H,4,7H2,1-3H3. The average Bonchev–Trinajstić information content (AvgIpc) is 2.85. The molecule has 2 aromatic rings. The molecule has 18 heavy (non-hydrogen) atoms. The van der Waals surface area contributed by atoms with Crippen LogP contribution in [0.2, 0.25) is 0 Å². The summed E-state index contributed by atoms with van der Waals surface area (Å²) >= 11 is 1.65. The summed E-state index contributed by atoms with van der Waals surface area (Å²) in [5.74, 6) is 0. The van der Waals surface area contributed by atoms with Gasteiger partial charge in [-0.2, -0.15) is 0 Å². The molecule has 1 N–H and O–H groups in total. The zero-order valence-electron chi connectivity index (χ0n) is 11.2. The Bertz CT molecular complexity index is 491. The van der Waals surface area contributed by atoms with Gasteiger partial charge in [0.1, 0.15) is 0 Å². The molecular formula is C15H20N2S. The Morgan fingerprint density at radius 2 is 2.17 bits per heavy atom. The Hall–Kier alpha value is -1.19. The zero-order valence-corrected chi connectivity index (χ0v) is 12.1. The van der Waals surface area contributed by atoms with Crippen LogP contribution in [0, 0.1) is 13.8 Å². The highest BCUT2D eigenvalue weighted by molar-refractivity contribution is 7.07. The van der Waals surface area contributed by atoms with Gasteiger partial charge in [-0.05, 0) is 37.9 Å². The molecule has 0 bridgehead atoms. The number of aromatic nitrogens is 1. The second kappa shape index (κ2) is 6.12. The minimum atomic E-state index is 0.219. The lowest BCUT2D eigenvalue weighted by atomic mass is 9.97. The molecule has 1 atom stereocenters. The molecule has 96 valence electrons. The fourth-order valence-corrected chi connectivity index (χ4v) is 2.76. The molecule has 0 saturated heterocycles. The average molecular weight is 260 g/mol. The molecule has 3 heteroatoms. The summed E-state index contributed by atoms with van der Waals surface area (Å²) in [5, 5.41) is 5.72. The molecule has 1 unspecified atom stereocenters. The molecule has 2 nitrogen and oxygen atoms in total. The molecule has 0 aliphatic heterocycles. The maximum Gasteiger partial charge on any atom is 0.0795 e. The summed E-state index contributed by atoms with van der Waals surface area (Å²) in [5.41, 5.74) is 7.00. The van der Waals surface area contributed by atoms with E-state index >= 15 is 0 Å². The highest BCUT2D eigenvalue weighted by Crippen LogP contribution is 2.25. The third kappa shape index (κ3) is 2.98. The van der Waals surface area contributed by atoms with Gasteiger partial charge in [0.2, 0.25) is 0 Å². The Morgan fingerprint density at radius 3 is 2.78 bits per heavy atom. The maximum atomic E-state index is 4.47. The number of rotatable bonds is 5. The Labute approximate surface area is 113 Å². The molecule has 0 aliphatic carbocycles. The lowest BCUT2D eigenvalue weighted by molar-refractivity contribution is 0.586. The van der Waals surface area contributed by atoms with Crippen LogP contribution in [0.5, 0.6) is 0 Å². The summed E-state index contributed by atoms with van der Waals surface area (Å²) in [6.07, 6.45) is 1.13. The predicted molar refractivity (Wildman–Crippen MR) is 78.2 cm³/mol. The van der Waals surface area contributed by atoms with Gasteiger partial charge in [-0.1, -0.05) is 30.7 Å². The number of nitrogens with one attached hydrogen (secondary N) is 1. The van der Waals surface area contributed by atoms with E-state index in [4.69, 9.17) is 0 Å². The second-order valence-corrected chi connectivity index (χ2v) is 5.38. The number of thiazole rings is 1. The normalized spacial score (nSPS) is 12.6. The van der Waals surface area contributed by atoms with Crippen LogP contribution < -0.4 is 5.32 Å². The molecule has 1 aromatic carbocycles. The van der Waals surface area contributed by atoms with Crippen molar-refractivity contribution < 1.29 is 0 Å². The van der Waals surface area contributed by atoms with Gasteiger partial charge in [-0.25, -0.2) is 4.98 Å². The van der Waals surface area contributed by atoms with Gasteiger partial charge in [-0.3, -0.25) is 0 Å². The van der Waals surface area contributed by atoms with Crippen molar-refractivity contribution in [2.45, 2.75) is 33.2 Å². The van der Waals surface area contributed by atoms with Crippen molar-refractivity contribution in [2.75, 3.05) is 6.54 Å². The van der Waals surface area contributed by atoms with Crippen LogP contribution in [0.15, 0.2) is 29.1 Å². The van der Waals surface area contributed by atoms with E-state index in [-0.39, 0.29) is 6.04 Å². The molecule has 0 fully saturated rings. The first-order valence-corrected chi connectivity index (χ1v) is 7.35. The molecule has 0 spiro atoms. The van der Waals surface area contributed by atoms with E-state index in [1.54, 1.807) is 11.3 Å². The molecular weight excluding hydrogens is 240 g/mol. The van der Waals surface area contributed by atoms with Gasteiger partial charge >= 0.3 is 0 Å². The van der Waals surface area contributed by atoms with Crippen molar-refractivity contribution in [1.29, 1.82) is 0 Å². The highest BCUT2D eigenvalue weighted by Gasteiger charge is 2.16. The molecule has 0 saturated carbocycles. The molecule has 1 heterocycles. The van der Waals surface area contributed by atoms with Gasteiger partial charge in [0.15, 0.2) is 0 Å². The van der Waals surface area contributed by atoms with Crippen LogP contribution in [0.4, 0.5) is 0 Å². The van der Waals surface area contributed by atoms with Crippen LogP contribution >= 0.6 is 11.3 Å². The summed E-state index contributed by atoms with van der Waals surface area (Å²) in [7, 11) is 0. The number of aryl methyl sites for hydroxylation is 2. The third-order valence-electron chi connectivity index (χ3n) is 3.08. The smallest absolute Gasteiger partial charge is 0.0795 e. The van der Waals surface area contributed by atoms with E-state index in [9.17, 15) is 0 Å². The van der Waals surface area contributed by atoms with Crippen LogP contribution in [-0.2, 0) is 0 Å². The van der Waals surface area contributed by atoms with Crippen molar-refractivity contribution in [3.8, 4) is 0 Å². The largest absolute Gasteiger partial charge is 0.305 e. The van der Waals surface area contributed by atoms with Gasteiger partial charge in [0.25, 0.3) is 0 Å². The van der Waals surface area contributed by atoms with Crippen LogP contribution in [-0.4, -0.2) is 11.5 Å². The molecule has 0 radical (unpaired) electrons. The van der Waals surface area contributed by atoms with E-state index in [0.717, 1.165) is 18.7 Å². The first-order valence-electron chi connectivity index (χ1n) is 6.41. The summed E-state index contributed by atoms with van der Waals surface area (Å²) < 4.78 is 0. The van der Waals surface area contributed by atoms with Gasteiger partial charge in [0, 0.05) is 5.38 Å². The number of hydrogen-bond acceptors (Lipinski definition) is 3. The minimum absolute atomic E-state index is 0.219. The lowest BCUT2D eigenvalue weighted by Crippen LogP contribution is -2.24. The first kappa shape index (κ1) is 13.2. The third-order valence-corrected chi connectivity index (χ3v) is 3.69. The van der Waals surface area contributed by atoms with Gasteiger partial charge < -0.3 is 5.32 Å².